The van der Waals surface area contributed by atoms with Crippen molar-refractivity contribution in [2.24, 2.45) is 7.05 Å². The molecule has 1 atom stereocenters. The largest absolute Gasteiger partial charge is 0.388 e. The number of hydrogen-bond acceptors (Lipinski definition) is 4. The first-order valence-electron chi connectivity index (χ1n) is 9.80. The molecule has 152 valence electrons. The number of aliphatic hydroxyl groups is 1. The molecule has 1 unspecified atom stereocenters. The van der Waals surface area contributed by atoms with Gasteiger partial charge in [-0.05, 0) is 25.0 Å². The predicted molar refractivity (Wildman–Crippen MR) is 113 cm³/mol. The van der Waals surface area contributed by atoms with E-state index in [0.717, 1.165) is 5.56 Å². The Morgan fingerprint density at radius 2 is 1.72 bits per heavy atom. The zero-order chi connectivity index (χ0) is 21.0. The van der Waals surface area contributed by atoms with E-state index in [4.69, 9.17) is 0 Å². The highest BCUT2D eigenvalue weighted by molar-refractivity contribution is 5.88. The summed E-state index contributed by atoms with van der Waals surface area (Å²) >= 11 is 0. The van der Waals surface area contributed by atoms with Gasteiger partial charge in [0.15, 0.2) is 0 Å². The minimum atomic E-state index is -0.983. The van der Waals surface area contributed by atoms with Gasteiger partial charge in [0.25, 0.3) is 5.56 Å². The number of amides is 1. The van der Waals surface area contributed by atoms with Crippen LogP contribution in [0.1, 0.15) is 31.5 Å². The Hall–Kier alpha value is -2.99. The molecule has 1 aromatic heterocycles. The van der Waals surface area contributed by atoms with Gasteiger partial charge in [-0.3, -0.25) is 9.59 Å². The van der Waals surface area contributed by atoms with Gasteiger partial charge in [-0.2, -0.15) is 5.10 Å². The zero-order valence-corrected chi connectivity index (χ0v) is 17.1. The van der Waals surface area contributed by atoms with E-state index in [1.54, 1.807) is 31.0 Å². The summed E-state index contributed by atoms with van der Waals surface area (Å²) in [4.78, 5) is 27.2. The molecule has 0 saturated carbocycles. The molecule has 3 rings (SSSR count). The minimum Gasteiger partial charge on any atom is -0.388 e. The molecule has 6 nitrogen and oxygen atoms in total. The van der Waals surface area contributed by atoms with Gasteiger partial charge in [0.1, 0.15) is 0 Å². The maximum Gasteiger partial charge on any atom is 0.274 e. The number of carbonyl (C=O) groups is 1. The zero-order valence-electron chi connectivity index (χ0n) is 17.1. The highest BCUT2D eigenvalue weighted by atomic mass is 16.3. The first-order valence-corrected chi connectivity index (χ1v) is 9.80. The Morgan fingerprint density at radius 3 is 2.38 bits per heavy atom. The van der Waals surface area contributed by atoms with Crippen LogP contribution in [0.25, 0.3) is 10.8 Å². The van der Waals surface area contributed by atoms with Gasteiger partial charge in [0.05, 0.1) is 23.1 Å². The van der Waals surface area contributed by atoms with E-state index in [0.29, 0.717) is 29.4 Å². The normalized spacial score (nSPS) is 13.2. The average molecular weight is 393 g/mol. The molecule has 3 aromatic rings. The van der Waals surface area contributed by atoms with Crippen LogP contribution in [0.4, 0.5) is 0 Å². The third-order valence-electron chi connectivity index (χ3n) is 5.21. The van der Waals surface area contributed by atoms with Gasteiger partial charge in [0.2, 0.25) is 5.91 Å². The maximum atomic E-state index is 13.2. The molecule has 0 aliphatic carbocycles. The summed E-state index contributed by atoms with van der Waals surface area (Å²) in [5, 5.41) is 16.2. The average Bonchev–Trinajstić information content (AvgIpc) is 2.72. The van der Waals surface area contributed by atoms with Gasteiger partial charge < -0.3 is 10.0 Å². The fourth-order valence-corrected chi connectivity index (χ4v) is 3.32. The second-order valence-electron chi connectivity index (χ2n) is 7.68. The summed E-state index contributed by atoms with van der Waals surface area (Å²) < 4.78 is 1.27. The molecule has 29 heavy (non-hydrogen) atoms. The third-order valence-corrected chi connectivity index (χ3v) is 5.21. The number of hydrogen-bond donors (Lipinski definition) is 1. The van der Waals surface area contributed by atoms with Crippen molar-refractivity contribution in [1.82, 2.24) is 14.7 Å². The topological polar surface area (TPSA) is 75.4 Å². The molecule has 0 aliphatic rings. The van der Waals surface area contributed by atoms with E-state index in [-0.39, 0.29) is 24.4 Å². The first-order chi connectivity index (χ1) is 13.8. The number of fused-ring (bicyclic) bond motifs is 1. The summed E-state index contributed by atoms with van der Waals surface area (Å²) in [5.41, 5.74) is 0.378. The van der Waals surface area contributed by atoms with Crippen LogP contribution in [0.3, 0.4) is 0 Å². The van der Waals surface area contributed by atoms with E-state index in [1.807, 2.05) is 49.4 Å². The van der Waals surface area contributed by atoms with Crippen molar-refractivity contribution < 1.29 is 9.90 Å². The quantitative estimate of drug-likeness (QED) is 0.670. The molecule has 0 spiro atoms. The Labute approximate surface area is 170 Å². The molecule has 1 amide bonds. The van der Waals surface area contributed by atoms with Crippen molar-refractivity contribution >= 4 is 16.7 Å². The fourth-order valence-electron chi connectivity index (χ4n) is 3.32. The van der Waals surface area contributed by atoms with Crippen LogP contribution in [-0.2, 0) is 24.8 Å². The smallest absolute Gasteiger partial charge is 0.274 e. The molecule has 1 N–H and O–H groups in total. The third kappa shape index (κ3) is 4.90. The molecule has 0 bridgehead atoms. The lowest BCUT2D eigenvalue weighted by molar-refractivity contribution is -0.134. The van der Waals surface area contributed by atoms with Crippen molar-refractivity contribution in [2.75, 3.05) is 6.54 Å². The number of aryl methyl sites for hydroxylation is 1. The van der Waals surface area contributed by atoms with Crippen LogP contribution in [0.15, 0.2) is 59.4 Å². The highest BCUT2D eigenvalue weighted by Gasteiger charge is 2.26. The van der Waals surface area contributed by atoms with Crippen molar-refractivity contribution in [2.45, 2.75) is 38.8 Å². The lowest BCUT2D eigenvalue weighted by Crippen LogP contribution is -2.44. The van der Waals surface area contributed by atoms with Crippen molar-refractivity contribution in [1.29, 1.82) is 0 Å². The Balaban J connectivity index is 1.93. The first kappa shape index (κ1) is 20.7. The van der Waals surface area contributed by atoms with E-state index in [2.05, 4.69) is 5.10 Å². The lowest BCUT2D eigenvalue weighted by Gasteiger charge is -2.31. The number of rotatable bonds is 7. The monoisotopic (exact) mass is 393 g/mol. The van der Waals surface area contributed by atoms with Gasteiger partial charge in [-0.25, -0.2) is 4.68 Å². The SMILES string of the molecule is CCC(C)(O)CN(Cc1ccccc1)C(=O)Cc1nn(C)c(=O)c2ccccc12. The summed E-state index contributed by atoms with van der Waals surface area (Å²) in [7, 11) is 1.59. The molecule has 0 aliphatic heterocycles. The molecule has 1 heterocycles. The second-order valence-corrected chi connectivity index (χ2v) is 7.68. The van der Waals surface area contributed by atoms with E-state index < -0.39 is 5.60 Å². The summed E-state index contributed by atoms with van der Waals surface area (Å²) in [6.07, 6.45) is 0.591. The second kappa shape index (κ2) is 8.57. The molecular formula is C23H27N3O3. The van der Waals surface area contributed by atoms with Crippen molar-refractivity contribution in [3.63, 3.8) is 0 Å². The van der Waals surface area contributed by atoms with E-state index in [1.165, 1.54) is 4.68 Å². The fraction of sp³-hybridized carbons (Fsp3) is 0.348. The lowest BCUT2D eigenvalue weighted by atomic mass is 10.0. The van der Waals surface area contributed by atoms with Gasteiger partial charge >= 0.3 is 0 Å². The Bertz CT molecular complexity index is 1060. The van der Waals surface area contributed by atoms with Crippen LogP contribution in [0.5, 0.6) is 0 Å². The maximum absolute atomic E-state index is 13.2. The minimum absolute atomic E-state index is 0.0568. The van der Waals surface area contributed by atoms with E-state index >= 15 is 0 Å². The van der Waals surface area contributed by atoms with Crippen LogP contribution in [-0.4, -0.2) is 37.8 Å². The molecule has 2 aromatic carbocycles. The standard InChI is InChI=1S/C23H27N3O3/c1-4-23(2,29)16-26(15-17-10-6-5-7-11-17)21(27)14-20-18-12-8-9-13-19(18)22(28)25(3)24-20/h5-13,29H,4,14-16H2,1-3H3. The van der Waals surface area contributed by atoms with E-state index in [9.17, 15) is 14.7 Å². The van der Waals surface area contributed by atoms with Crippen LogP contribution < -0.4 is 5.56 Å². The molecule has 0 radical (unpaired) electrons. The van der Waals surface area contributed by atoms with Gasteiger partial charge in [0, 0.05) is 25.5 Å². The van der Waals surface area contributed by atoms with Crippen molar-refractivity contribution in [3.05, 3.63) is 76.2 Å². The number of nitrogens with zero attached hydrogens (tertiary/aromatic N) is 3. The van der Waals surface area contributed by atoms with Crippen molar-refractivity contribution in [3.8, 4) is 0 Å². The van der Waals surface area contributed by atoms with Gasteiger partial charge in [-0.15, -0.1) is 0 Å². The summed E-state index contributed by atoms with van der Waals surface area (Å²) in [6, 6.07) is 16.9. The van der Waals surface area contributed by atoms with Crippen LogP contribution in [0.2, 0.25) is 0 Å². The van der Waals surface area contributed by atoms with Crippen LogP contribution >= 0.6 is 0 Å². The molecule has 0 fully saturated rings. The number of aromatic nitrogens is 2. The Morgan fingerprint density at radius 1 is 1.10 bits per heavy atom. The summed E-state index contributed by atoms with van der Waals surface area (Å²) in [6.45, 7) is 4.26. The number of benzene rings is 2. The number of carbonyl (C=O) groups excluding carboxylic acids is 1. The van der Waals surface area contributed by atoms with Gasteiger partial charge in [-0.1, -0.05) is 55.5 Å². The molecule has 6 heteroatoms. The molecule has 0 saturated heterocycles. The summed E-state index contributed by atoms with van der Waals surface area (Å²) in [5.74, 6) is -0.140. The Kier molecular flexibility index (Phi) is 6.13. The molecular weight excluding hydrogens is 366 g/mol. The van der Waals surface area contributed by atoms with Crippen LogP contribution in [0, 0.1) is 0 Å². The predicted octanol–water partition coefficient (Wildman–Crippen LogP) is 2.67. The highest BCUT2D eigenvalue weighted by Crippen LogP contribution is 2.18.